The van der Waals surface area contributed by atoms with E-state index in [1.54, 1.807) is 0 Å². The molecule has 1 heterocycles. The monoisotopic (exact) mass is 330 g/mol. The lowest BCUT2D eigenvalue weighted by molar-refractivity contribution is 0.273. The molecule has 0 aliphatic carbocycles. The lowest BCUT2D eigenvalue weighted by Gasteiger charge is -2.22. The summed E-state index contributed by atoms with van der Waals surface area (Å²) in [5.41, 5.74) is 0. The zero-order chi connectivity index (χ0) is 16.6. The van der Waals surface area contributed by atoms with Crippen molar-refractivity contribution in [3.05, 3.63) is 0 Å². The second kappa shape index (κ2) is 9.50. The van der Waals surface area contributed by atoms with Gasteiger partial charge in [0.1, 0.15) is 0 Å². The van der Waals surface area contributed by atoms with E-state index in [-0.39, 0.29) is 4.75 Å². The molecular weight excluding hydrogens is 296 g/mol. The Hall–Kier alpha value is -0.620. The standard InChI is InChI=1S/C16H34N4OS/c1-6-17-15(18-10-12-22(21)16(3,4)5)19-13-14-9-8-11-20(14)7-2/h14H,6-13H2,1-5H3,(H2,17,18,19). The van der Waals surface area contributed by atoms with Gasteiger partial charge in [-0.1, -0.05) is 6.92 Å². The lowest BCUT2D eigenvalue weighted by atomic mass is 10.2. The summed E-state index contributed by atoms with van der Waals surface area (Å²) in [6.07, 6.45) is 2.52. The molecule has 1 aliphatic rings. The highest BCUT2D eigenvalue weighted by Crippen LogP contribution is 2.16. The molecule has 0 aromatic rings. The zero-order valence-corrected chi connectivity index (χ0v) is 15.8. The minimum Gasteiger partial charge on any atom is -0.357 e. The van der Waals surface area contributed by atoms with Crippen LogP contribution in [0, 0.1) is 0 Å². The molecular formula is C16H34N4OS. The number of hydrogen-bond acceptors (Lipinski definition) is 3. The Labute approximate surface area is 138 Å². The third kappa shape index (κ3) is 6.65. The Balaban J connectivity index is 2.44. The van der Waals surface area contributed by atoms with Crippen LogP contribution in [0.4, 0.5) is 0 Å². The van der Waals surface area contributed by atoms with E-state index in [1.165, 1.54) is 19.4 Å². The van der Waals surface area contributed by atoms with Crippen LogP contribution >= 0.6 is 0 Å². The maximum absolute atomic E-state index is 12.1. The smallest absolute Gasteiger partial charge is 0.191 e. The van der Waals surface area contributed by atoms with Gasteiger partial charge in [0, 0.05) is 40.4 Å². The highest BCUT2D eigenvalue weighted by molar-refractivity contribution is 7.86. The molecule has 130 valence electrons. The van der Waals surface area contributed by atoms with Gasteiger partial charge in [-0.15, -0.1) is 0 Å². The second-order valence-electron chi connectivity index (χ2n) is 6.73. The van der Waals surface area contributed by atoms with E-state index in [1.807, 2.05) is 20.8 Å². The Morgan fingerprint density at radius 2 is 2.05 bits per heavy atom. The Morgan fingerprint density at radius 1 is 1.32 bits per heavy atom. The molecule has 0 amide bonds. The topological polar surface area (TPSA) is 56.7 Å². The van der Waals surface area contributed by atoms with E-state index in [0.717, 1.165) is 25.6 Å². The van der Waals surface area contributed by atoms with Gasteiger partial charge >= 0.3 is 0 Å². The van der Waals surface area contributed by atoms with Crippen LogP contribution in [0.1, 0.15) is 47.5 Å². The van der Waals surface area contributed by atoms with Crippen LogP contribution in [0.15, 0.2) is 4.99 Å². The SMILES string of the molecule is CCNC(=NCC1CCCN1CC)NCCS(=O)C(C)(C)C. The molecule has 5 nitrogen and oxygen atoms in total. The zero-order valence-electron chi connectivity index (χ0n) is 14.9. The van der Waals surface area contributed by atoms with Gasteiger partial charge in [-0.25, -0.2) is 0 Å². The van der Waals surface area contributed by atoms with Gasteiger partial charge in [-0.05, 0) is 53.6 Å². The van der Waals surface area contributed by atoms with E-state index in [0.29, 0.717) is 18.3 Å². The Bertz CT molecular complexity index is 379. The first kappa shape index (κ1) is 19.4. The van der Waals surface area contributed by atoms with Crippen LogP contribution in [0.2, 0.25) is 0 Å². The number of nitrogens with one attached hydrogen (secondary N) is 2. The van der Waals surface area contributed by atoms with Gasteiger partial charge in [0.25, 0.3) is 0 Å². The summed E-state index contributed by atoms with van der Waals surface area (Å²) in [4.78, 5) is 7.21. The number of likely N-dealkylation sites (tertiary alicyclic amines) is 1. The number of guanidine groups is 1. The number of aliphatic imine (C=N–C) groups is 1. The van der Waals surface area contributed by atoms with Crippen molar-refractivity contribution in [1.29, 1.82) is 0 Å². The fourth-order valence-corrected chi connectivity index (χ4v) is 3.52. The van der Waals surface area contributed by atoms with Gasteiger partial charge in [0.2, 0.25) is 0 Å². The molecule has 1 rings (SSSR count). The highest BCUT2D eigenvalue weighted by atomic mass is 32.2. The van der Waals surface area contributed by atoms with Crippen molar-refractivity contribution in [2.45, 2.75) is 58.2 Å². The largest absolute Gasteiger partial charge is 0.357 e. The molecule has 0 aromatic carbocycles. The van der Waals surface area contributed by atoms with Crippen molar-refractivity contribution in [2.24, 2.45) is 4.99 Å². The van der Waals surface area contributed by atoms with Crippen LogP contribution < -0.4 is 10.6 Å². The first-order chi connectivity index (χ1) is 10.4. The lowest BCUT2D eigenvalue weighted by Crippen LogP contribution is -2.41. The van der Waals surface area contributed by atoms with Crippen molar-refractivity contribution in [3.8, 4) is 0 Å². The summed E-state index contributed by atoms with van der Waals surface area (Å²) in [5.74, 6) is 1.50. The maximum Gasteiger partial charge on any atom is 0.191 e. The summed E-state index contributed by atoms with van der Waals surface area (Å²) >= 11 is 0. The molecule has 0 saturated carbocycles. The number of likely N-dealkylation sites (N-methyl/N-ethyl adjacent to an activating group) is 1. The summed E-state index contributed by atoms with van der Waals surface area (Å²) in [7, 11) is -0.824. The minimum absolute atomic E-state index is 0.150. The fourth-order valence-electron chi connectivity index (χ4n) is 2.62. The number of rotatable bonds is 7. The van der Waals surface area contributed by atoms with E-state index < -0.39 is 10.8 Å². The Kier molecular flexibility index (Phi) is 8.39. The second-order valence-corrected chi connectivity index (χ2v) is 9.06. The van der Waals surface area contributed by atoms with Gasteiger partial charge < -0.3 is 10.6 Å². The van der Waals surface area contributed by atoms with E-state index in [9.17, 15) is 4.21 Å². The Morgan fingerprint density at radius 3 is 2.64 bits per heavy atom. The molecule has 2 N–H and O–H groups in total. The van der Waals surface area contributed by atoms with E-state index in [2.05, 4.69) is 29.4 Å². The molecule has 0 radical (unpaired) electrons. The molecule has 2 unspecified atom stereocenters. The summed E-state index contributed by atoms with van der Waals surface area (Å²) < 4.78 is 11.9. The maximum atomic E-state index is 12.1. The molecule has 1 saturated heterocycles. The molecule has 1 aliphatic heterocycles. The third-order valence-corrected chi connectivity index (χ3v) is 5.91. The summed E-state index contributed by atoms with van der Waals surface area (Å²) in [6, 6.07) is 0.573. The van der Waals surface area contributed by atoms with Gasteiger partial charge in [0.05, 0.1) is 6.54 Å². The van der Waals surface area contributed by atoms with Crippen LogP contribution in [0.5, 0.6) is 0 Å². The summed E-state index contributed by atoms with van der Waals surface area (Å²) in [5, 5.41) is 6.58. The first-order valence-corrected chi connectivity index (χ1v) is 9.85. The van der Waals surface area contributed by atoms with Crippen molar-refractivity contribution in [2.75, 3.05) is 38.5 Å². The van der Waals surface area contributed by atoms with Gasteiger partial charge in [0.15, 0.2) is 5.96 Å². The fraction of sp³-hybridized carbons (Fsp3) is 0.938. The van der Waals surface area contributed by atoms with Gasteiger partial charge in [-0.3, -0.25) is 14.1 Å². The van der Waals surface area contributed by atoms with Crippen LogP contribution in [0.3, 0.4) is 0 Å². The van der Waals surface area contributed by atoms with Crippen molar-refractivity contribution in [3.63, 3.8) is 0 Å². The number of nitrogens with zero attached hydrogens (tertiary/aromatic N) is 2. The minimum atomic E-state index is -0.824. The van der Waals surface area contributed by atoms with Crippen LogP contribution in [0.25, 0.3) is 0 Å². The molecule has 0 bridgehead atoms. The molecule has 2 atom stereocenters. The molecule has 0 spiro atoms. The van der Waals surface area contributed by atoms with Gasteiger partial charge in [-0.2, -0.15) is 0 Å². The molecule has 6 heteroatoms. The van der Waals surface area contributed by atoms with Crippen molar-refractivity contribution >= 4 is 16.8 Å². The van der Waals surface area contributed by atoms with Crippen molar-refractivity contribution < 1.29 is 4.21 Å². The molecule has 22 heavy (non-hydrogen) atoms. The average Bonchev–Trinajstić information content (AvgIpc) is 2.91. The highest BCUT2D eigenvalue weighted by Gasteiger charge is 2.22. The van der Waals surface area contributed by atoms with E-state index in [4.69, 9.17) is 4.99 Å². The van der Waals surface area contributed by atoms with E-state index >= 15 is 0 Å². The average molecular weight is 331 g/mol. The van der Waals surface area contributed by atoms with Crippen LogP contribution in [-0.2, 0) is 10.8 Å². The molecule has 1 fully saturated rings. The quantitative estimate of drug-likeness (QED) is 0.550. The summed E-state index contributed by atoms with van der Waals surface area (Å²) in [6.45, 7) is 15.0. The first-order valence-electron chi connectivity index (χ1n) is 8.53. The third-order valence-electron chi connectivity index (χ3n) is 3.97. The normalized spacial score (nSPS) is 21.9. The van der Waals surface area contributed by atoms with Crippen molar-refractivity contribution in [1.82, 2.24) is 15.5 Å². The number of hydrogen-bond donors (Lipinski definition) is 2. The predicted octanol–water partition coefficient (Wildman–Crippen LogP) is 1.57. The molecule has 0 aromatic heterocycles. The predicted molar refractivity (Wildman–Crippen MR) is 97.0 cm³/mol. The van der Waals surface area contributed by atoms with Crippen LogP contribution in [-0.4, -0.2) is 64.3 Å².